The molecule has 1 aliphatic rings. The van der Waals surface area contributed by atoms with Crippen LogP contribution in [-0.2, 0) is 15.9 Å². The number of anilines is 1. The first-order valence-electron chi connectivity index (χ1n) is 7.78. The zero-order valence-electron chi connectivity index (χ0n) is 14.3. The minimum atomic E-state index is -0.816. The number of nitrogens with one attached hydrogen (secondary N) is 1. The number of halogens is 3. The zero-order chi connectivity index (χ0) is 18.4. The van der Waals surface area contributed by atoms with Gasteiger partial charge in [0.15, 0.2) is 4.47 Å². The van der Waals surface area contributed by atoms with Crippen LogP contribution in [0.4, 0.5) is 14.5 Å². The molecule has 1 aromatic carbocycles. The lowest BCUT2D eigenvalue weighted by atomic mass is 9.79. The SMILES string of the molecule is CC1(C)OB(c2cc(F)c(NCc3cnc(Cl)s3)c(F)c2)OC1(C)C. The molecule has 1 aliphatic heterocycles. The molecule has 25 heavy (non-hydrogen) atoms. The van der Waals surface area contributed by atoms with Gasteiger partial charge in [-0.15, -0.1) is 11.3 Å². The van der Waals surface area contributed by atoms with Crippen LogP contribution in [0, 0.1) is 11.6 Å². The summed E-state index contributed by atoms with van der Waals surface area (Å²) >= 11 is 7.00. The molecule has 0 atom stereocenters. The second-order valence-corrected chi connectivity index (χ2v) is 8.58. The third-order valence-electron chi connectivity index (χ3n) is 4.55. The Morgan fingerprint density at radius 3 is 2.20 bits per heavy atom. The highest BCUT2D eigenvalue weighted by molar-refractivity contribution is 7.15. The van der Waals surface area contributed by atoms with Gasteiger partial charge >= 0.3 is 7.12 Å². The fourth-order valence-corrected chi connectivity index (χ4v) is 3.34. The standard InChI is InChI=1S/C16H18BClF2N2O2S/c1-15(2)16(3,4)24-17(23-15)9-5-11(19)13(12(20)6-9)21-7-10-8-22-14(18)25-10/h5-6,8,21H,7H2,1-4H3. The molecular weight excluding hydrogens is 369 g/mol. The van der Waals surface area contributed by atoms with E-state index in [1.54, 1.807) is 6.20 Å². The van der Waals surface area contributed by atoms with Gasteiger partial charge < -0.3 is 14.6 Å². The molecule has 1 aromatic heterocycles. The Hall–Kier alpha value is -1.22. The Balaban J connectivity index is 1.79. The first-order chi connectivity index (χ1) is 11.6. The summed E-state index contributed by atoms with van der Waals surface area (Å²) in [5.74, 6) is -1.42. The van der Waals surface area contributed by atoms with E-state index in [-0.39, 0.29) is 12.2 Å². The summed E-state index contributed by atoms with van der Waals surface area (Å²) < 4.78 is 40.9. The van der Waals surface area contributed by atoms with Crippen molar-refractivity contribution < 1.29 is 18.1 Å². The van der Waals surface area contributed by atoms with Crippen LogP contribution in [0.2, 0.25) is 4.47 Å². The molecule has 1 saturated heterocycles. The maximum Gasteiger partial charge on any atom is 0.495 e. The third-order valence-corrected chi connectivity index (χ3v) is 5.67. The molecular formula is C16H18BClF2N2O2S. The maximum absolute atomic E-state index is 14.4. The molecule has 0 bridgehead atoms. The van der Waals surface area contributed by atoms with Crippen molar-refractivity contribution in [1.82, 2.24) is 4.98 Å². The second-order valence-electron chi connectivity index (χ2n) is 6.88. The van der Waals surface area contributed by atoms with Gasteiger partial charge in [-0.1, -0.05) is 11.6 Å². The van der Waals surface area contributed by atoms with Crippen molar-refractivity contribution in [3.63, 3.8) is 0 Å². The van der Waals surface area contributed by atoms with Crippen molar-refractivity contribution in [2.45, 2.75) is 45.4 Å². The molecule has 134 valence electrons. The summed E-state index contributed by atoms with van der Waals surface area (Å²) in [6, 6.07) is 2.46. The van der Waals surface area contributed by atoms with E-state index in [4.69, 9.17) is 20.9 Å². The lowest BCUT2D eigenvalue weighted by molar-refractivity contribution is 0.00578. The van der Waals surface area contributed by atoms with Gasteiger partial charge in [0, 0.05) is 11.1 Å². The highest BCUT2D eigenvalue weighted by Gasteiger charge is 2.52. The van der Waals surface area contributed by atoms with Crippen LogP contribution < -0.4 is 10.8 Å². The molecule has 2 aromatic rings. The van der Waals surface area contributed by atoms with Gasteiger partial charge in [0.05, 0.1) is 17.7 Å². The van der Waals surface area contributed by atoms with Crippen molar-refractivity contribution in [1.29, 1.82) is 0 Å². The Labute approximate surface area is 154 Å². The van der Waals surface area contributed by atoms with E-state index in [9.17, 15) is 8.78 Å². The molecule has 1 fully saturated rings. The Morgan fingerprint density at radius 1 is 1.16 bits per heavy atom. The maximum atomic E-state index is 14.4. The summed E-state index contributed by atoms with van der Waals surface area (Å²) in [5.41, 5.74) is -1.05. The van der Waals surface area contributed by atoms with Crippen molar-refractivity contribution in [2.24, 2.45) is 0 Å². The van der Waals surface area contributed by atoms with E-state index in [0.29, 0.717) is 9.93 Å². The zero-order valence-corrected chi connectivity index (χ0v) is 15.9. The first-order valence-corrected chi connectivity index (χ1v) is 8.97. The number of hydrogen-bond donors (Lipinski definition) is 1. The van der Waals surface area contributed by atoms with E-state index in [0.717, 1.165) is 4.88 Å². The lowest BCUT2D eigenvalue weighted by Gasteiger charge is -2.32. The molecule has 9 heteroatoms. The molecule has 0 spiro atoms. The molecule has 0 amide bonds. The molecule has 0 aliphatic carbocycles. The highest BCUT2D eigenvalue weighted by Crippen LogP contribution is 2.36. The van der Waals surface area contributed by atoms with Gasteiger partial charge in [-0.05, 0) is 45.3 Å². The number of aromatic nitrogens is 1. The van der Waals surface area contributed by atoms with Gasteiger partial charge in [-0.3, -0.25) is 0 Å². The van der Waals surface area contributed by atoms with Crippen LogP contribution in [-0.4, -0.2) is 23.3 Å². The number of nitrogens with zero attached hydrogens (tertiary/aromatic N) is 1. The third kappa shape index (κ3) is 3.67. The van der Waals surface area contributed by atoms with Crippen LogP contribution in [0.3, 0.4) is 0 Å². The Bertz CT molecular complexity index is 761. The smallest absolute Gasteiger partial charge is 0.399 e. The summed E-state index contributed by atoms with van der Waals surface area (Å²) in [5, 5.41) is 2.74. The quantitative estimate of drug-likeness (QED) is 0.807. The van der Waals surface area contributed by atoms with E-state index >= 15 is 0 Å². The Morgan fingerprint density at radius 2 is 1.72 bits per heavy atom. The number of thiazole rings is 1. The molecule has 1 N–H and O–H groups in total. The molecule has 2 heterocycles. The summed E-state index contributed by atoms with van der Waals surface area (Å²) in [7, 11) is -0.816. The average Bonchev–Trinajstić information content (AvgIpc) is 2.99. The lowest BCUT2D eigenvalue weighted by Crippen LogP contribution is -2.41. The van der Waals surface area contributed by atoms with Crippen molar-refractivity contribution in [2.75, 3.05) is 5.32 Å². The monoisotopic (exact) mass is 386 g/mol. The molecule has 4 nitrogen and oxygen atoms in total. The average molecular weight is 387 g/mol. The van der Waals surface area contributed by atoms with Gasteiger partial charge in [-0.2, -0.15) is 0 Å². The van der Waals surface area contributed by atoms with Gasteiger partial charge in [0.1, 0.15) is 17.3 Å². The van der Waals surface area contributed by atoms with Gasteiger partial charge in [0.25, 0.3) is 0 Å². The van der Waals surface area contributed by atoms with Gasteiger partial charge in [0.2, 0.25) is 0 Å². The highest BCUT2D eigenvalue weighted by atomic mass is 35.5. The Kier molecular flexibility index (Phi) is 4.83. The van der Waals surface area contributed by atoms with Crippen molar-refractivity contribution in [3.05, 3.63) is 39.3 Å². The molecule has 3 rings (SSSR count). The fourth-order valence-electron chi connectivity index (χ4n) is 2.42. The molecule has 0 saturated carbocycles. The predicted molar refractivity (Wildman–Crippen MR) is 96.5 cm³/mol. The second kappa shape index (κ2) is 6.50. The predicted octanol–water partition coefficient (Wildman–Crippen LogP) is 3.99. The summed E-state index contributed by atoms with van der Waals surface area (Å²) in [4.78, 5) is 4.67. The first kappa shape index (κ1) is 18.6. The minimum absolute atomic E-state index is 0.204. The van der Waals surface area contributed by atoms with Crippen LogP contribution in [0.1, 0.15) is 32.6 Å². The van der Waals surface area contributed by atoms with Crippen molar-refractivity contribution >= 4 is 41.2 Å². The largest absolute Gasteiger partial charge is 0.495 e. The van der Waals surface area contributed by atoms with Crippen LogP contribution >= 0.6 is 22.9 Å². The fraction of sp³-hybridized carbons (Fsp3) is 0.438. The molecule has 0 unspecified atom stereocenters. The van der Waals surface area contributed by atoms with Crippen LogP contribution in [0.5, 0.6) is 0 Å². The topological polar surface area (TPSA) is 43.4 Å². The number of rotatable bonds is 4. The summed E-state index contributed by atoms with van der Waals surface area (Å²) in [6.07, 6.45) is 1.56. The van der Waals surface area contributed by atoms with Crippen molar-refractivity contribution in [3.8, 4) is 0 Å². The van der Waals surface area contributed by atoms with Gasteiger partial charge in [-0.25, -0.2) is 13.8 Å². The van der Waals surface area contributed by atoms with E-state index in [1.807, 2.05) is 27.7 Å². The van der Waals surface area contributed by atoms with E-state index < -0.39 is 30.0 Å². The van der Waals surface area contributed by atoms with E-state index in [1.165, 1.54) is 23.5 Å². The normalized spacial score (nSPS) is 18.6. The van der Waals surface area contributed by atoms with Crippen LogP contribution in [0.25, 0.3) is 0 Å². The molecule has 0 radical (unpaired) electrons. The van der Waals surface area contributed by atoms with E-state index in [2.05, 4.69) is 10.3 Å². The summed E-state index contributed by atoms with van der Waals surface area (Å²) in [6.45, 7) is 7.77. The minimum Gasteiger partial charge on any atom is -0.399 e. The van der Waals surface area contributed by atoms with Crippen LogP contribution in [0.15, 0.2) is 18.3 Å². The number of hydrogen-bond acceptors (Lipinski definition) is 5. The number of benzene rings is 1.